The van der Waals surface area contributed by atoms with Crippen molar-refractivity contribution in [2.75, 3.05) is 17.1 Å². The second-order valence-electron chi connectivity index (χ2n) is 6.93. The maximum atomic E-state index is 13.7. The van der Waals surface area contributed by atoms with Crippen molar-refractivity contribution in [1.82, 2.24) is 0 Å². The third-order valence-corrected chi connectivity index (χ3v) is 6.20. The monoisotopic (exact) mass is 442 g/mol. The molecule has 0 atom stereocenters. The highest BCUT2D eigenvalue weighted by Gasteiger charge is 2.20. The van der Waals surface area contributed by atoms with Crippen molar-refractivity contribution in [1.29, 1.82) is 0 Å². The lowest BCUT2D eigenvalue weighted by Gasteiger charge is -2.14. The van der Waals surface area contributed by atoms with Crippen LogP contribution < -0.4 is 14.8 Å². The van der Waals surface area contributed by atoms with Gasteiger partial charge in [-0.2, -0.15) is 0 Å². The van der Waals surface area contributed by atoms with Gasteiger partial charge in [0.2, 0.25) is 5.91 Å². The smallest absolute Gasteiger partial charge is 0.262 e. The van der Waals surface area contributed by atoms with E-state index in [1.807, 2.05) is 0 Å². The van der Waals surface area contributed by atoms with E-state index in [1.165, 1.54) is 19.2 Å². The van der Waals surface area contributed by atoms with Crippen LogP contribution >= 0.6 is 0 Å². The summed E-state index contributed by atoms with van der Waals surface area (Å²) in [6.45, 7) is 1.67. The molecule has 0 aliphatic rings. The van der Waals surface area contributed by atoms with Crippen LogP contribution in [0.25, 0.3) is 0 Å². The van der Waals surface area contributed by atoms with Gasteiger partial charge in [0.05, 0.1) is 17.7 Å². The van der Waals surface area contributed by atoms with Crippen molar-refractivity contribution in [3.8, 4) is 5.75 Å². The third kappa shape index (κ3) is 5.61. The van der Waals surface area contributed by atoms with Crippen molar-refractivity contribution in [2.45, 2.75) is 24.7 Å². The van der Waals surface area contributed by atoms with Crippen LogP contribution in [-0.4, -0.2) is 21.4 Å². The van der Waals surface area contributed by atoms with Gasteiger partial charge < -0.3 is 10.1 Å². The summed E-state index contributed by atoms with van der Waals surface area (Å²) in [5, 5.41) is 2.68. The molecule has 8 heteroatoms. The first-order valence-corrected chi connectivity index (χ1v) is 11.1. The molecular weight excluding hydrogens is 419 g/mol. The number of amides is 1. The topological polar surface area (TPSA) is 84.5 Å². The number of carbonyl (C=O) groups excluding carboxylic acids is 1. The van der Waals surface area contributed by atoms with E-state index in [-0.39, 0.29) is 29.5 Å². The Bertz CT molecular complexity index is 1200. The third-order valence-electron chi connectivity index (χ3n) is 4.69. The predicted octanol–water partition coefficient (Wildman–Crippen LogP) is 4.51. The van der Waals surface area contributed by atoms with Crippen LogP contribution in [0.15, 0.2) is 71.6 Å². The average molecular weight is 443 g/mol. The number of methoxy groups -OCH3 is 1. The lowest BCUT2D eigenvalue weighted by molar-refractivity contribution is -0.116. The molecule has 3 rings (SSSR count). The van der Waals surface area contributed by atoms with Crippen molar-refractivity contribution >= 4 is 27.3 Å². The molecule has 6 nitrogen and oxygen atoms in total. The van der Waals surface area contributed by atoms with Gasteiger partial charge in [-0.1, -0.05) is 36.4 Å². The van der Waals surface area contributed by atoms with Gasteiger partial charge in [0, 0.05) is 12.1 Å². The molecule has 0 heterocycles. The fraction of sp³-hybridized carbons (Fsp3) is 0.174. The molecule has 0 bridgehead atoms. The number of para-hydroxylation sites is 2. The fourth-order valence-electron chi connectivity index (χ4n) is 3.07. The number of carbonyl (C=O) groups is 1. The Morgan fingerprint density at radius 1 is 1.03 bits per heavy atom. The molecule has 3 aromatic rings. The van der Waals surface area contributed by atoms with Gasteiger partial charge in [0.15, 0.2) is 0 Å². The highest BCUT2D eigenvalue weighted by Crippen LogP contribution is 2.28. The zero-order chi connectivity index (χ0) is 22.4. The zero-order valence-corrected chi connectivity index (χ0v) is 18.0. The number of sulfonamides is 1. The van der Waals surface area contributed by atoms with Gasteiger partial charge >= 0.3 is 0 Å². The van der Waals surface area contributed by atoms with Crippen LogP contribution in [0.3, 0.4) is 0 Å². The molecule has 0 fully saturated rings. The van der Waals surface area contributed by atoms with E-state index in [0.29, 0.717) is 28.3 Å². The first kappa shape index (κ1) is 22.3. The molecule has 31 heavy (non-hydrogen) atoms. The number of rotatable bonds is 8. The Morgan fingerprint density at radius 2 is 1.74 bits per heavy atom. The summed E-state index contributed by atoms with van der Waals surface area (Å²) >= 11 is 0. The Labute approximate surface area is 181 Å². The standard InChI is InChI=1S/C23H23FN2O4S/c1-16-11-13-18(25-23(27)14-12-17-7-3-4-8-19(17)24)15-22(16)31(28,29)26-20-9-5-6-10-21(20)30-2/h3-11,13,15,26H,12,14H2,1-2H3,(H,25,27). The largest absolute Gasteiger partial charge is 0.495 e. The normalized spacial score (nSPS) is 11.1. The van der Waals surface area contributed by atoms with Crippen LogP contribution in [0.4, 0.5) is 15.8 Å². The minimum absolute atomic E-state index is 0.0327. The van der Waals surface area contributed by atoms with E-state index in [9.17, 15) is 17.6 Å². The average Bonchev–Trinajstić information content (AvgIpc) is 2.74. The number of benzene rings is 3. The minimum Gasteiger partial charge on any atom is -0.495 e. The number of anilines is 2. The van der Waals surface area contributed by atoms with E-state index in [2.05, 4.69) is 10.0 Å². The summed E-state index contributed by atoms with van der Waals surface area (Å²) in [6.07, 6.45) is 0.307. The number of hydrogen-bond acceptors (Lipinski definition) is 4. The SMILES string of the molecule is COc1ccccc1NS(=O)(=O)c1cc(NC(=O)CCc2ccccc2F)ccc1C. The van der Waals surface area contributed by atoms with Crippen LogP contribution in [0.2, 0.25) is 0 Å². The molecule has 0 aromatic heterocycles. The molecule has 0 unspecified atom stereocenters. The van der Waals surface area contributed by atoms with Crippen LogP contribution in [0, 0.1) is 12.7 Å². The van der Waals surface area contributed by atoms with Crippen molar-refractivity contribution in [3.05, 3.63) is 83.7 Å². The van der Waals surface area contributed by atoms with Gasteiger partial charge in [-0.15, -0.1) is 0 Å². The molecule has 1 amide bonds. The van der Waals surface area contributed by atoms with Crippen LogP contribution in [0.5, 0.6) is 5.75 Å². The maximum Gasteiger partial charge on any atom is 0.262 e. The Balaban J connectivity index is 1.75. The highest BCUT2D eigenvalue weighted by atomic mass is 32.2. The summed E-state index contributed by atoms with van der Waals surface area (Å²) < 4.78 is 47.3. The van der Waals surface area contributed by atoms with Gasteiger partial charge in [0.25, 0.3) is 10.0 Å². The van der Waals surface area contributed by atoms with Crippen LogP contribution in [-0.2, 0) is 21.2 Å². The number of nitrogens with one attached hydrogen (secondary N) is 2. The quantitative estimate of drug-likeness (QED) is 0.537. The van der Waals surface area contributed by atoms with Crippen molar-refractivity contribution < 1.29 is 22.3 Å². The van der Waals surface area contributed by atoms with Crippen LogP contribution in [0.1, 0.15) is 17.5 Å². The van der Waals surface area contributed by atoms with E-state index in [4.69, 9.17) is 4.74 Å². The molecule has 0 aliphatic carbocycles. The van der Waals surface area contributed by atoms with Gasteiger partial charge in [-0.25, -0.2) is 12.8 Å². The second kappa shape index (κ2) is 9.61. The van der Waals surface area contributed by atoms with Gasteiger partial charge in [-0.05, 0) is 54.8 Å². The number of hydrogen-bond donors (Lipinski definition) is 2. The summed E-state index contributed by atoms with van der Waals surface area (Å²) in [7, 11) is -2.47. The van der Waals surface area contributed by atoms with E-state index in [0.717, 1.165) is 0 Å². The molecule has 0 radical (unpaired) electrons. The predicted molar refractivity (Wildman–Crippen MR) is 118 cm³/mol. The van der Waals surface area contributed by atoms with Gasteiger partial charge in [-0.3, -0.25) is 9.52 Å². The molecule has 0 spiro atoms. The van der Waals surface area contributed by atoms with Gasteiger partial charge in [0.1, 0.15) is 11.6 Å². The lowest BCUT2D eigenvalue weighted by Crippen LogP contribution is -2.17. The van der Waals surface area contributed by atoms with Crippen molar-refractivity contribution in [2.24, 2.45) is 0 Å². The molecule has 0 saturated heterocycles. The molecule has 0 saturated carbocycles. The number of ether oxygens (including phenoxy) is 1. The molecular formula is C23H23FN2O4S. The number of aryl methyl sites for hydroxylation is 2. The van der Waals surface area contributed by atoms with E-state index < -0.39 is 10.0 Å². The maximum absolute atomic E-state index is 13.7. The summed E-state index contributed by atoms with van der Waals surface area (Å²) in [6, 6.07) is 17.6. The Morgan fingerprint density at radius 3 is 2.48 bits per heavy atom. The summed E-state index contributed by atoms with van der Waals surface area (Å²) in [5.41, 5.74) is 1.62. The van der Waals surface area contributed by atoms with Crippen molar-refractivity contribution in [3.63, 3.8) is 0 Å². The Hall–Kier alpha value is -3.39. The van der Waals surface area contributed by atoms with E-state index in [1.54, 1.807) is 61.5 Å². The minimum atomic E-state index is -3.93. The molecule has 162 valence electrons. The Kier molecular flexibility index (Phi) is 6.91. The molecule has 2 N–H and O–H groups in total. The second-order valence-corrected chi connectivity index (χ2v) is 8.58. The fourth-order valence-corrected chi connectivity index (χ4v) is 4.41. The van der Waals surface area contributed by atoms with E-state index >= 15 is 0 Å². The first-order chi connectivity index (χ1) is 14.8. The lowest BCUT2D eigenvalue weighted by atomic mass is 10.1. The molecule has 0 aliphatic heterocycles. The molecule has 3 aromatic carbocycles. The first-order valence-electron chi connectivity index (χ1n) is 9.60. The summed E-state index contributed by atoms with van der Waals surface area (Å²) in [5.74, 6) is -0.309. The zero-order valence-electron chi connectivity index (χ0n) is 17.2. The number of halogens is 1. The highest BCUT2D eigenvalue weighted by molar-refractivity contribution is 7.92. The summed E-state index contributed by atoms with van der Waals surface area (Å²) in [4.78, 5) is 12.3.